The van der Waals surface area contributed by atoms with Crippen LogP contribution in [-0.4, -0.2) is 18.1 Å². The van der Waals surface area contributed by atoms with Gasteiger partial charge in [-0.1, -0.05) is 66.2 Å². The monoisotopic (exact) mass is 391 g/mol. The molecule has 0 fully saturated rings. The number of nitrogens with zero attached hydrogens (tertiary/aromatic N) is 1. The van der Waals surface area contributed by atoms with E-state index in [0.717, 1.165) is 51.4 Å². The number of benzene rings is 1. The molecule has 1 rings (SSSR count). The van der Waals surface area contributed by atoms with E-state index in [1.807, 2.05) is 0 Å². The zero-order valence-electron chi connectivity index (χ0n) is 18.0. The molecule has 0 aromatic heterocycles. The van der Waals surface area contributed by atoms with E-state index in [9.17, 15) is 10.1 Å². The van der Waals surface area contributed by atoms with Crippen molar-refractivity contribution in [1.82, 2.24) is 0 Å². The van der Waals surface area contributed by atoms with Crippen molar-refractivity contribution in [2.24, 2.45) is 11.8 Å². The fourth-order valence-electron chi connectivity index (χ4n) is 3.16. The quantitative estimate of drug-likeness (QED) is 0.242. The van der Waals surface area contributed by atoms with Gasteiger partial charge in [0.15, 0.2) is 5.75 Å². The van der Waals surface area contributed by atoms with Gasteiger partial charge in [-0.05, 0) is 30.7 Å². The maximum Gasteiger partial charge on any atom is 0.314 e. The minimum Gasteiger partial charge on any atom is -0.493 e. The van der Waals surface area contributed by atoms with E-state index in [2.05, 4.69) is 27.7 Å². The topological polar surface area (TPSA) is 61.6 Å². The van der Waals surface area contributed by atoms with Gasteiger partial charge in [0.2, 0.25) is 0 Å². The fraction of sp³-hybridized carbons (Fsp3) is 0.696. The van der Waals surface area contributed by atoms with Gasteiger partial charge in [-0.15, -0.1) is 0 Å². The lowest BCUT2D eigenvalue weighted by Crippen LogP contribution is -2.13. The van der Waals surface area contributed by atoms with Crippen molar-refractivity contribution in [2.75, 3.05) is 13.2 Å². The van der Waals surface area contributed by atoms with Gasteiger partial charge in [-0.25, -0.2) is 0 Å². The summed E-state index contributed by atoms with van der Waals surface area (Å²) in [5.41, 5.74) is 0.295. The standard InChI is InChI=1S/C23H37NO4/c1-6-10-12-19(8-3)16-27-22-15-21(24(25)26)23(14-18(22)5)28-17-20(9-4)13-11-7-2/h5,14-15,19-20H,6-13,16-17H2,1-4H3. The van der Waals surface area contributed by atoms with Gasteiger partial charge in [-0.3, -0.25) is 10.1 Å². The highest BCUT2D eigenvalue weighted by Gasteiger charge is 2.21. The predicted molar refractivity (Wildman–Crippen MR) is 114 cm³/mol. The lowest BCUT2D eigenvalue weighted by Gasteiger charge is -2.18. The number of ether oxygens (including phenoxy) is 2. The first-order valence-corrected chi connectivity index (χ1v) is 10.8. The van der Waals surface area contributed by atoms with Crippen LogP contribution < -0.4 is 9.47 Å². The molecule has 5 heteroatoms. The lowest BCUT2D eigenvalue weighted by atomic mass is 10.0. The minimum atomic E-state index is -0.428. The average molecular weight is 392 g/mol. The first-order chi connectivity index (χ1) is 13.5. The average Bonchev–Trinajstić information content (AvgIpc) is 2.69. The Bertz CT molecular complexity index is 588. The Morgan fingerprint density at radius 3 is 1.86 bits per heavy atom. The maximum absolute atomic E-state index is 11.5. The van der Waals surface area contributed by atoms with Crippen LogP contribution in [0.5, 0.6) is 11.5 Å². The van der Waals surface area contributed by atoms with Gasteiger partial charge in [0, 0.05) is 12.5 Å². The number of rotatable bonds is 15. The molecule has 158 valence electrons. The Balaban J connectivity index is 2.85. The molecule has 2 unspecified atom stereocenters. The third-order valence-corrected chi connectivity index (χ3v) is 5.32. The molecule has 28 heavy (non-hydrogen) atoms. The van der Waals surface area contributed by atoms with E-state index in [1.165, 1.54) is 12.1 Å². The van der Waals surface area contributed by atoms with Crippen molar-refractivity contribution in [3.05, 3.63) is 34.7 Å². The number of hydrogen-bond acceptors (Lipinski definition) is 4. The molecule has 0 N–H and O–H groups in total. The summed E-state index contributed by atoms with van der Waals surface area (Å²) in [7, 11) is 0. The summed E-state index contributed by atoms with van der Waals surface area (Å²) < 4.78 is 11.7. The molecule has 0 aliphatic carbocycles. The van der Waals surface area contributed by atoms with Crippen LogP contribution >= 0.6 is 0 Å². The number of nitro benzene ring substituents is 1. The van der Waals surface area contributed by atoms with Crippen molar-refractivity contribution in [2.45, 2.75) is 79.1 Å². The van der Waals surface area contributed by atoms with Crippen LogP contribution in [0.2, 0.25) is 0 Å². The normalized spacial score (nSPS) is 13.2. The zero-order chi connectivity index (χ0) is 20.9. The van der Waals surface area contributed by atoms with Crippen molar-refractivity contribution in [3.63, 3.8) is 0 Å². The summed E-state index contributed by atoms with van der Waals surface area (Å²) in [5, 5.41) is 11.5. The van der Waals surface area contributed by atoms with Crippen molar-refractivity contribution >= 4 is 5.69 Å². The number of unbranched alkanes of at least 4 members (excludes halogenated alkanes) is 2. The van der Waals surface area contributed by atoms with Crippen molar-refractivity contribution in [3.8, 4) is 11.5 Å². The molecule has 2 radical (unpaired) electrons. The highest BCUT2D eigenvalue weighted by atomic mass is 16.6. The lowest BCUT2D eigenvalue weighted by molar-refractivity contribution is -0.386. The highest BCUT2D eigenvalue weighted by Crippen LogP contribution is 2.35. The Kier molecular flexibility index (Phi) is 11.6. The minimum absolute atomic E-state index is 0.0869. The molecule has 0 saturated carbocycles. The zero-order valence-corrected chi connectivity index (χ0v) is 18.0. The van der Waals surface area contributed by atoms with E-state index < -0.39 is 4.92 Å². The molecular weight excluding hydrogens is 354 g/mol. The van der Waals surface area contributed by atoms with Crippen LogP contribution in [0, 0.1) is 28.9 Å². The molecule has 1 aromatic rings. The van der Waals surface area contributed by atoms with E-state index >= 15 is 0 Å². The molecular formula is C23H37NO4. The molecule has 0 aliphatic rings. The van der Waals surface area contributed by atoms with Crippen LogP contribution in [0.4, 0.5) is 5.69 Å². The summed E-state index contributed by atoms with van der Waals surface area (Å²) in [6.07, 6.45) is 8.72. The summed E-state index contributed by atoms with van der Waals surface area (Å²) in [6.45, 7) is 15.7. The molecule has 0 saturated heterocycles. The molecule has 1 aromatic carbocycles. The van der Waals surface area contributed by atoms with E-state index in [4.69, 9.17) is 16.4 Å². The molecule has 0 aliphatic heterocycles. The van der Waals surface area contributed by atoms with Crippen LogP contribution in [-0.2, 0) is 0 Å². The van der Waals surface area contributed by atoms with E-state index in [-0.39, 0.29) is 11.4 Å². The largest absolute Gasteiger partial charge is 0.493 e. The predicted octanol–water partition coefficient (Wildman–Crippen LogP) is 6.84. The molecule has 0 amide bonds. The van der Waals surface area contributed by atoms with Gasteiger partial charge in [0.05, 0.1) is 24.2 Å². The molecule has 2 atom stereocenters. The SMILES string of the molecule is [CH]c1cc(OCC(CC)CCCC)c([N+](=O)[O-])cc1OCC(CC)CCCC. The highest BCUT2D eigenvalue weighted by molar-refractivity contribution is 5.56. The second-order valence-corrected chi connectivity index (χ2v) is 7.57. The maximum atomic E-state index is 11.5. The van der Waals surface area contributed by atoms with E-state index in [0.29, 0.717) is 36.4 Å². The molecule has 0 bridgehead atoms. The van der Waals surface area contributed by atoms with Crippen LogP contribution in [0.1, 0.15) is 84.6 Å². The molecule has 5 nitrogen and oxygen atoms in total. The third-order valence-electron chi connectivity index (χ3n) is 5.32. The van der Waals surface area contributed by atoms with Crippen molar-refractivity contribution in [1.29, 1.82) is 0 Å². The van der Waals surface area contributed by atoms with Crippen molar-refractivity contribution < 1.29 is 14.4 Å². The van der Waals surface area contributed by atoms with E-state index in [1.54, 1.807) is 0 Å². The second kappa shape index (κ2) is 13.4. The summed E-state index contributed by atoms with van der Waals surface area (Å²) in [5.74, 6) is 1.41. The van der Waals surface area contributed by atoms with Crippen LogP contribution in [0.15, 0.2) is 12.1 Å². The molecule has 0 heterocycles. The van der Waals surface area contributed by atoms with Gasteiger partial charge in [0.1, 0.15) is 5.75 Å². The van der Waals surface area contributed by atoms with Gasteiger partial charge in [-0.2, -0.15) is 0 Å². The smallest absolute Gasteiger partial charge is 0.314 e. The summed E-state index contributed by atoms with van der Waals surface area (Å²) in [6, 6.07) is 2.94. The Hall–Kier alpha value is -1.78. The first kappa shape index (κ1) is 24.3. The fourth-order valence-corrected chi connectivity index (χ4v) is 3.16. The molecule has 0 spiro atoms. The van der Waals surface area contributed by atoms with Gasteiger partial charge in [0.25, 0.3) is 0 Å². The van der Waals surface area contributed by atoms with Gasteiger partial charge >= 0.3 is 5.69 Å². The number of hydrogen-bond donors (Lipinski definition) is 0. The number of nitro groups is 1. The Morgan fingerprint density at radius 1 is 0.929 bits per heavy atom. The Labute approximate surface area is 171 Å². The second-order valence-electron chi connectivity index (χ2n) is 7.57. The summed E-state index contributed by atoms with van der Waals surface area (Å²) in [4.78, 5) is 11.1. The van der Waals surface area contributed by atoms with Crippen LogP contribution in [0.3, 0.4) is 0 Å². The Morgan fingerprint density at radius 2 is 1.43 bits per heavy atom. The van der Waals surface area contributed by atoms with Crippen LogP contribution in [0.25, 0.3) is 0 Å². The summed E-state index contributed by atoms with van der Waals surface area (Å²) >= 11 is 0. The third kappa shape index (κ3) is 8.07. The van der Waals surface area contributed by atoms with Gasteiger partial charge < -0.3 is 9.47 Å². The first-order valence-electron chi connectivity index (χ1n) is 10.8.